The number of hydrogen-bond donors (Lipinski definition) is 2. The molecular formula is C15H23NO4S. The zero-order valence-corrected chi connectivity index (χ0v) is 13.3. The minimum Gasteiger partial charge on any atom is -0.494 e. The van der Waals surface area contributed by atoms with E-state index >= 15 is 0 Å². The van der Waals surface area contributed by atoms with Crippen molar-refractivity contribution < 1.29 is 19.4 Å². The summed E-state index contributed by atoms with van der Waals surface area (Å²) in [6, 6.07) is 7.51. The maximum atomic E-state index is 11.9. The smallest absolute Gasteiger partial charge is 0.230 e. The Hall–Kier alpha value is -1.24. The van der Waals surface area contributed by atoms with Crippen molar-refractivity contribution in [2.75, 3.05) is 32.7 Å². The van der Waals surface area contributed by atoms with Gasteiger partial charge < -0.3 is 19.9 Å². The summed E-state index contributed by atoms with van der Waals surface area (Å²) in [5.41, 5.74) is 0. The van der Waals surface area contributed by atoms with Gasteiger partial charge in [-0.05, 0) is 37.6 Å². The molecule has 0 aliphatic carbocycles. The molecule has 5 nitrogen and oxygen atoms in total. The van der Waals surface area contributed by atoms with Gasteiger partial charge in [-0.15, -0.1) is 11.8 Å². The quantitative estimate of drug-likeness (QED) is 0.644. The van der Waals surface area contributed by atoms with Crippen LogP contribution in [0.4, 0.5) is 0 Å². The monoisotopic (exact) mass is 313 g/mol. The fraction of sp³-hybridized carbons (Fsp3) is 0.533. The van der Waals surface area contributed by atoms with Gasteiger partial charge in [0, 0.05) is 18.6 Å². The minimum atomic E-state index is -0.145. The van der Waals surface area contributed by atoms with Crippen LogP contribution in [-0.2, 0) is 9.53 Å². The van der Waals surface area contributed by atoms with Crippen molar-refractivity contribution >= 4 is 17.7 Å². The lowest BCUT2D eigenvalue weighted by molar-refractivity contribution is -0.119. The number of rotatable bonds is 10. The standard InChI is InChI=1S/C15H23NO4S/c1-3-20-13-4-6-14(7-5-13)21-11-15(18)16-12(8-9-17)10-19-2/h4-7,12,17H,3,8-11H2,1-2H3,(H,16,18). The molecule has 0 aromatic heterocycles. The predicted molar refractivity (Wildman–Crippen MR) is 83.8 cm³/mol. The molecule has 1 aromatic carbocycles. The lowest BCUT2D eigenvalue weighted by Crippen LogP contribution is -2.39. The number of amides is 1. The molecule has 2 N–H and O–H groups in total. The summed E-state index contributed by atoms with van der Waals surface area (Å²) in [7, 11) is 1.57. The van der Waals surface area contributed by atoms with Gasteiger partial charge in [-0.1, -0.05) is 0 Å². The van der Waals surface area contributed by atoms with Crippen LogP contribution in [-0.4, -0.2) is 49.7 Å². The Bertz CT molecular complexity index is 405. The van der Waals surface area contributed by atoms with E-state index in [0.717, 1.165) is 10.6 Å². The molecule has 0 bridgehead atoms. The van der Waals surface area contributed by atoms with Crippen LogP contribution >= 0.6 is 11.8 Å². The Balaban J connectivity index is 2.37. The van der Waals surface area contributed by atoms with Gasteiger partial charge in [0.05, 0.1) is 25.0 Å². The van der Waals surface area contributed by atoms with Crippen LogP contribution in [0.3, 0.4) is 0 Å². The summed E-state index contributed by atoms with van der Waals surface area (Å²) < 4.78 is 10.4. The molecule has 1 aromatic rings. The lowest BCUT2D eigenvalue weighted by Gasteiger charge is -2.16. The summed E-state index contributed by atoms with van der Waals surface area (Å²) in [5.74, 6) is 1.10. The number of methoxy groups -OCH3 is 1. The molecule has 1 atom stereocenters. The van der Waals surface area contributed by atoms with E-state index < -0.39 is 0 Å². The molecular weight excluding hydrogens is 290 g/mol. The van der Waals surface area contributed by atoms with E-state index in [0.29, 0.717) is 25.4 Å². The minimum absolute atomic E-state index is 0.0281. The molecule has 0 radical (unpaired) electrons. The van der Waals surface area contributed by atoms with Gasteiger partial charge in [0.15, 0.2) is 0 Å². The van der Waals surface area contributed by atoms with E-state index in [-0.39, 0.29) is 18.6 Å². The molecule has 0 heterocycles. The zero-order chi connectivity index (χ0) is 15.5. The van der Waals surface area contributed by atoms with Gasteiger partial charge in [-0.2, -0.15) is 0 Å². The summed E-state index contributed by atoms with van der Waals surface area (Å²) in [5, 5.41) is 11.8. The van der Waals surface area contributed by atoms with Crippen molar-refractivity contribution in [3.8, 4) is 5.75 Å². The lowest BCUT2D eigenvalue weighted by atomic mass is 10.2. The second-order valence-electron chi connectivity index (χ2n) is 4.43. The van der Waals surface area contributed by atoms with Gasteiger partial charge >= 0.3 is 0 Å². The van der Waals surface area contributed by atoms with E-state index in [1.165, 1.54) is 11.8 Å². The van der Waals surface area contributed by atoms with Crippen molar-refractivity contribution in [3.63, 3.8) is 0 Å². The Kier molecular flexibility index (Phi) is 8.89. The zero-order valence-electron chi connectivity index (χ0n) is 12.5. The van der Waals surface area contributed by atoms with Gasteiger partial charge in [0.2, 0.25) is 5.91 Å². The van der Waals surface area contributed by atoms with Crippen LogP contribution in [0.2, 0.25) is 0 Å². The second-order valence-corrected chi connectivity index (χ2v) is 5.47. The maximum absolute atomic E-state index is 11.9. The highest BCUT2D eigenvalue weighted by molar-refractivity contribution is 8.00. The van der Waals surface area contributed by atoms with E-state index in [1.807, 2.05) is 31.2 Å². The molecule has 1 rings (SSSR count). The third-order valence-electron chi connectivity index (χ3n) is 2.72. The Morgan fingerprint density at radius 1 is 1.38 bits per heavy atom. The van der Waals surface area contributed by atoms with Crippen LogP contribution in [0.15, 0.2) is 29.2 Å². The van der Waals surface area contributed by atoms with Gasteiger partial charge in [0.1, 0.15) is 5.75 Å². The Labute approximate surface area is 130 Å². The number of aliphatic hydroxyl groups is 1. The first-order chi connectivity index (χ1) is 10.2. The molecule has 0 fully saturated rings. The molecule has 1 unspecified atom stereocenters. The first-order valence-electron chi connectivity index (χ1n) is 6.94. The topological polar surface area (TPSA) is 67.8 Å². The number of benzene rings is 1. The van der Waals surface area contributed by atoms with Crippen LogP contribution in [0.1, 0.15) is 13.3 Å². The number of nitrogens with one attached hydrogen (secondary N) is 1. The van der Waals surface area contributed by atoms with Crippen molar-refractivity contribution in [1.82, 2.24) is 5.32 Å². The molecule has 0 aliphatic heterocycles. The average molecular weight is 313 g/mol. The van der Waals surface area contributed by atoms with E-state index in [9.17, 15) is 4.79 Å². The SMILES string of the molecule is CCOc1ccc(SCC(=O)NC(CCO)COC)cc1. The van der Waals surface area contributed by atoms with E-state index in [1.54, 1.807) is 7.11 Å². The molecule has 0 saturated carbocycles. The van der Waals surface area contributed by atoms with E-state index in [2.05, 4.69) is 5.32 Å². The predicted octanol–water partition coefficient (Wildman–Crippen LogP) is 1.69. The third kappa shape index (κ3) is 7.36. The Morgan fingerprint density at radius 2 is 2.10 bits per heavy atom. The van der Waals surface area contributed by atoms with Crippen LogP contribution < -0.4 is 10.1 Å². The first-order valence-corrected chi connectivity index (χ1v) is 7.93. The molecule has 0 aliphatic rings. The second kappa shape index (κ2) is 10.5. The largest absolute Gasteiger partial charge is 0.494 e. The van der Waals surface area contributed by atoms with E-state index in [4.69, 9.17) is 14.6 Å². The molecule has 6 heteroatoms. The van der Waals surface area contributed by atoms with Crippen molar-refractivity contribution in [3.05, 3.63) is 24.3 Å². The number of aliphatic hydroxyl groups excluding tert-OH is 1. The van der Waals surface area contributed by atoms with Crippen molar-refractivity contribution in [1.29, 1.82) is 0 Å². The summed E-state index contributed by atoms with van der Waals surface area (Å²) in [6.07, 6.45) is 0.493. The van der Waals surface area contributed by atoms with Gasteiger partial charge in [-0.25, -0.2) is 0 Å². The number of carbonyl (C=O) groups is 1. The van der Waals surface area contributed by atoms with Gasteiger partial charge in [-0.3, -0.25) is 4.79 Å². The summed E-state index contributed by atoms with van der Waals surface area (Å²) in [4.78, 5) is 12.9. The molecule has 0 spiro atoms. The maximum Gasteiger partial charge on any atom is 0.230 e. The molecule has 0 saturated heterocycles. The molecule has 1 amide bonds. The summed E-state index contributed by atoms with van der Waals surface area (Å²) in [6.45, 7) is 3.01. The van der Waals surface area contributed by atoms with Crippen LogP contribution in [0, 0.1) is 0 Å². The highest BCUT2D eigenvalue weighted by Crippen LogP contribution is 2.21. The van der Waals surface area contributed by atoms with Gasteiger partial charge in [0.25, 0.3) is 0 Å². The fourth-order valence-corrected chi connectivity index (χ4v) is 2.48. The number of carbonyl (C=O) groups excluding carboxylic acids is 1. The summed E-state index contributed by atoms with van der Waals surface area (Å²) >= 11 is 1.46. The average Bonchev–Trinajstić information content (AvgIpc) is 2.47. The Morgan fingerprint density at radius 3 is 2.67 bits per heavy atom. The first kappa shape index (κ1) is 17.8. The fourth-order valence-electron chi connectivity index (χ4n) is 1.77. The van der Waals surface area contributed by atoms with Crippen molar-refractivity contribution in [2.45, 2.75) is 24.3 Å². The highest BCUT2D eigenvalue weighted by atomic mass is 32.2. The number of ether oxygens (including phenoxy) is 2. The highest BCUT2D eigenvalue weighted by Gasteiger charge is 2.11. The number of hydrogen-bond acceptors (Lipinski definition) is 5. The molecule has 118 valence electrons. The van der Waals surface area contributed by atoms with Crippen molar-refractivity contribution in [2.24, 2.45) is 0 Å². The van der Waals surface area contributed by atoms with Crippen LogP contribution in [0.5, 0.6) is 5.75 Å². The van der Waals surface area contributed by atoms with Crippen LogP contribution in [0.25, 0.3) is 0 Å². The third-order valence-corrected chi connectivity index (χ3v) is 3.73. The molecule has 21 heavy (non-hydrogen) atoms. The normalized spacial score (nSPS) is 12.0. The number of thioether (sulfide) groups is 1.